The zero-order chi connectivity index (χ0) is 23.5. The molecule has 1 aliphatic carbocycles. The molecule has 0 spiro atoms. The maximum Gasteiger partial charge on any atom is 0.416 e. The first-order chi connectivity index (χ1) is 13.2. The molecule has 0 aromatic heterocycles. The van der Waals surface area contributed by atoms with Crippen molar-refractivity contribution in [2.24, 2.45) is 17.4 Å². The minimum Gasteiger partial charge on any atom is -0.399 e. The summed E-state index contributed by atoms with van der Waals surface area (Å²) in [6, 6.07) is 0.0374. The largest absolute Gasteiger partial charge is 0.416 e. The van der Waals surface area contributed by atoms with Gasteiger partial charge < -0.3 is 11.5 Å². The van der Waals surface area contributed by atoms with Crippen molar-refractivity contribution in [3.8, 4) is 0 Å². The van der Waals surface area contributed by atoms with E-state index in [9.17, 15) is 52.7 Å². The van der Waals surface area contributed by atoms with Gasteiger partial charge in [-0.25, -0.2) is 0 Å². The number of halogens is 12. The Morgan fingerprint density at radius 1 is 0.733 bits per heavy atom. The lowest BCUT2D eigenvalue weighted by molar-refractivity contribution is -0.188. The number of alkyl halides is 12. The quantitative estimate of drug-likeness (QED) is 0.554. The number of hydrogen-bond acceptors (Lipinski definition) is 2. The second-order valence-corrected chi connectivity index (χ2v) is 6.33. The van der Waals surface area contributed by atoms with Crippen LogP contribution in [0.15, 0.2) is 41.6 Å². The lowest BCUT2D eigenvalue weighted by Gasteiger charge is -2.44. The predicted octanol–water partition coefficient (Wildman–Crippen LogP) is 5.40. The van der Waals surface area contributed by atoms with Crippen molar-refractivity contribution >= 4 is 0 Å². The number of nitrogens with two attached hydrogens (primary N) is 2. The fraction of sp³-hybridized carbons (Fsp3) is 0.375. The van der Waals surface area contributed by atoms with E-state index >= 15 is 0 Å². The second-order valence-electron chi connectivity index (χ2n) is 6.33. The third-order valence-corrected chi connectivity index (χ3v) is 4.35. The van der Waals surface area contributed by atoms with Crippen LogP contribution in [0.25, 0.3) is 0 Å². The van der Waals surface area contributed by atoms with Crippen molar-refractivity contribution < 1.29 is 52.7 Å². The molecule has 0 radical (unpaired) electrons. The average Bonchev–Trinajstić information content (AvgIpc) is 2.52. The highest BCUT2D eigenvalue weighted by molar-refractivity contribution is 5.54. The van der Waals surface area contributed by atoms with Crippen LogP contribution >= 0.6 is 0 Å². The van der Waals surface area contributed by atoms with E-state index in [1.165, 1.54) is 0 Å². The van der Waals surface area contributed by atoms with Crippen LogP contribution in [0.2, 0.25) is 0 Å². The van der Waals surface area contributed by atoms with Gasteiger partial charge in [0, 0.05) is 11.3 Å². The highest BCUT2D eigenvalue weighted by Gasteiger charge is 2.63. The Kier molecular flexibility index (Phi) is 5.43. The van der Waals surface area contributed by atoms with Crippen LogP contribution in [-0.4, -0.2) is 12.4 Å². The van der Waals surface area contributed by atoms with Gasteiger partial charge in [-0.2, -0.15) is 52.7 Å². The maximum atomic E-state index is 13.6. The molecular weight excluding hydrogens is 448 g/mol. The van der Waals surface area contributed by atoms with Crippen LogP contribution in [0.1, 0.15) is 16.7 Å². The molecule has 0 amide bonds. The Morgan fingerprint density at radius 3 is 1.50 bits per heavy atom. The van der Waals surface area contributed by atoms with Crippen LogP contribution in [0, 0.1) is 5.92 Å². The molecule has 14 heteroatoms. The van der Waals surface area contributed by atoms with Crippen LogP contribution in [0.5, 0.6) is 0 Å². The summed E-state index contributed by atoms with van der Waals surface area (Å²) in [7, 11) is 0. The van der Waals surface area contributed by atoms with Crippen molar-refractivity contribution in [2.45, 2.75) is 30.2 Å². The fourth-order valence-electron chi connectivity index (χ4n) is 3.26. The molecule has 2 atom stereocenters. The van der Waals surface area contributed by atoms with E-state index in [1.54, 1.807) is 0 Å². The van der Waals surface area contributed by atoms with Gasteiger partial charge in [0.1, 0.15) is 5.92 Å². The summed E-state index contributed by atoms with van der Waals surface area (Å²) in [6.45, 7) is 0. The highest BCUT2D eigenvalue weighted by atomic mass is 19.4. The summed E-state index contributed by atoms with van der Waals surface area (Å²) in [5.74, 6) is -3.64. The Hall–Kier alpha value is -2.38. The summed E-state index contributed by atoms with van der Waals surface area (Å²) in [6.07, 6.45) is -23.5. The van der Waals surface area contributed by atoms with E-state index in [0.717, 1.165) is 0 Å². The van der Waals surface area contributed by atoms with Gasteiger partial charge in [-0.05, 0) is 24.3 Å². The monoisotopic (exact) mass is 458 g/mol. The predicted molar refractivity (Wildman–Crippen MR) is 78.3 cm³/mol. The molecule has 1 aromatic rings. The lowest BCUT2D eigenvalue weighted by Crippen LogP contribution is -2.57. The first-order valence-corrected chi connectivity index (χ1v) is 7.62. The van der Waals surface area contributed by atoms with Crippen molar-refractivity contribution in [1.82, 2.24) is 0 Å². The minimum absolute atomic E-state index is 0.0811. The molecule has 168 valence electrons. The molecule has 1 aromatic carbocycles. The van der Waals surface area contributed by atoms with Crippen molar-refractivity contribution in [1.29, 1.82) is 0 Å². The van der Waals surface area contributed by atoms with Crippen LogP contribution in [-0.2, 0) is 17.9 Å². The van der Waals surface area contributed by atoms with Gasteiger partial charge in [-0.1, -0.05) is 6.07 Å². The van der Waals surface area contributed by atoms with E-state index in [4.69, 9.17) is 11.5 Å². The van der Waals surface area contributed by atoms with E-state index in [1.807, 2.05) is 0 Å². The van der Waals surface area contributed by atoms with Gasteiger partial charge in [-0.15, -0.1) is 0 Å². The molecule has 0 saturated heterocycles. The third-order valence-electron chi connectivity index (χ3n) is 4.35. The second kappa shape index (κ2) is 6.82. The minimum atomic E-state index is -5.85. The Balaban J connectivity index is 3.12. The van der Waals surface area contributed by atoms with Crippen molar-refractivity contribution in [2.75, 3.05) is 0 Å². The van der Waals surface area contributed by atoms with Crippen LogP contribution in [0.4, 0.5) is 52.7 Å². The molecule has 2 nitrogen and oxygen atoms in total. The highest BCUT2D eigenvalue weighted by Crippen LogP contribution is 2.55. The fourth-order valence-corrected chi connectivity index (χ4v) is 3.26. The molecule has 4 N–H and O–H groups in total. The number of benzene rings is 1. The molecule has 2 rings (SSSR count). The van der Waals surface area contributed by atoms with Crippen LogP contribution < -0.4 is 11.5 Å². The zero-order valence-corrected chi connectivity index (χ0v) is 14.2. The Bertz CT molecular complexity index is 853. The molecule has 2 unspecified atom stereocenters. The molecule has 0 bridgehead atoms. The Morgan fingerprint density at radius 2 is 1.17 bits per heavy atom. The normalized spacial score (nSPS) is 23.8. The summed E-state index contributed by atoms with van der Waals surface area (Å²) >= 11 is 0. The standard InChI is InChI=1S/C16H10F12N2/c17-13(18,19)7-2-1-3-8(14(20,21)22)11(7)12(30)9(15(23,24)25)4-6(29)5-10(12)16(26,27)28/h1-5,9H,29-30H2. The molecular formula is C16H10F12N2. The Labute approximate surface area is 159 Å². The zero-order valence-electron chi connectivity index (χ0n) is 14.2. The number of hydrogen-bond donors (Lipinski definition) is 2. The van der Waals surface area contributed by atoms with E-state index in [-0.39, 0.29) is 30.4 Å². The molecule has 0 saturated carbocycles. The van der Waals surface area contributed by atoms with Gasteiger partial charge in [0.05, 0.1) is 22.2 Å². The van der Waals surface area contributed by atoms with E-state index in [0.29, 0.717) is 0 Å². The first-order valence-electron chi connectivity index (χ1n) is 7.62. The molecule has 30 heavy (non-hydrogen) atoms. The number of allylic oxidation sites excluding steroid dienone is 1. The molecule has 0 heterocycles. The summed E-state index contributed by atoms with van der Waals surface area (Å²) in [5, 5.41) is 0. The van der Waals surface area contributed by atoms with E-state index < -0.39 is 64.1 Å². The van der Waals surface area contributed by atoms with Gasteiger partial charge in [0.2, 0.25) is 0 Å². The maximum absolute atomic E-state index is 13.6. The summed E-state index contributed by atoms with van der Waals surface area (Å²) < 4.78 is 162. The molecule has 1 aliphatic rings. The van der Waals surface area contributed by atoms with Crippen LogP contribution in [0.3, 0.4) is 0 Å². The number of rotatable bonds is 1. The lowest BCUT2D eigenvalue weighted by atomic mass is 9.67. The van der Waals surface area contributed by atoms with Gasteiger partial charge in [-0.3, -0.25) is 0 Å². The van der Waals surface area contributed by atoms with Gasteiger partial charge >= 0.3 is 24.7 Å². The van der Waals surface area contributed by atoms with Gasteiger partial charge in [0.15, 0.2) is 0 Å². The third kappa shape index (κ3) is 4.09. The van der Waals surface area contributed by atoms with Gasteiger partial charge in [0.25, 0.3) is 0 Å². The molecule has 0 aliphatic heterocycles. The molecule has 0 fully saturated rings. The summed E-state index contributed by atoms with van der Waals surface area (Å²) in [4.78, 5) is 0. The topological polar surface area (TPSA) is 52.0 Å². The first kappa shape index (κ1) is 23.9. The SMILES string of the molecule is NC1=CC(C(F)(F)F)C(N)(c2c(C(F)(F)F)cccc2C(F)(F)F)C(C(F)(F)F)=C1. The van der Waals surface area contributed by atoms with E-state index in [2.05, 4.69) is 0 Å². The smallest absolute Gasteiger partial charge is 0.399 e. The van der Waals surface area contributed by atoms with Crippen molar-refractivity contribution in [3.05, 3.63) is 58.3 Å². The average molecular weight is 458 g/mol. The van der Waals surface area contributed by atoms with Crippen molar-refractivity contribution in [3.63, 3.8) is 0 Å². The summed E-state index contributed by atoms with van der Waals surface area (Å²) in [5.41, 5.74) is -4.87.